The van der Waals surface area contributed by atoms with Crippen LogP contribution in [0.1, 0.15) is 18.2 Å². The van der Waals surface area contributed by atoms with Gasteiger partial charge < -0.3 is 10.6 Å². The first kappa shape index (κ1) is 11.6. The summed E-state index contributed by atoms with van der Waals surface area (Å²) in [7, 11) is 0. The monoisotopic (exact) mass is 253 g/mol. The number of hydrogen-bond donors (Lipinski definition) is 2. The molecule has 0 aliphatic carbocycles. The third-order valence-electron chi connectivity index (χ3n) is 3.34. The van der Waals surface area contributed by atoms with E-state index in [0.717, 1.165) is 12.1 Å². The number of amidine groups is 1. The minimum atomic E-state index is -0.0382. The number of nitrogens with one attached hydrogen (secondary N) is 1. The van der Waals surface area contributed by atoms with Crippen LogP contribution in [0.5, 0.6) is 0 Å². The number of aromatic nitrogens is 2. The number of hydrogen-bond acceptors (Lipinski definition) is 4. The number of fused-ring (bicyclic) bond motifs is 1. The Morgan fingerprint density at radius 3 is 2.95 bits per heavy atom. The maximum atomic E-state index is 7.47. The van der Waals surface area contributed by atoms with Crippen LogP contribution in [0, 0.1) is 5.41 Å². The molecular formula is C14H15N5. The average molecular weight is 253 g/mol. The maximum Gasteiger partial charge on any atom is 0.230 e. The van der Waals surface area contributed by atoms with Crippen molar-refractivity contribution in [2.24, 2.45) is 5.73 Å². The Morgan fingerprint density at radius 2 is 2.16 bits per heavy atom. The van der Waals surface area contributed by atoms with Crippen molar-refractivity contribution in [1.82, 2.24) is 9.97 Å². The van der Waals surface area contributed by atoms with E-state index in [4.69, 9.17) is 11.1 Å². The lowest BCUT2D eigenvalue weighted by molar-refractivity contribution is 0.739. The minimum Gasteiger partial charge on any atom is -0.382 e. The molecular weight excluding hydrogens is 238 g/mol. The number of nitrogen functional groups attached to an aromatic ring is 1. The van der Waals surface area contributed by atoms with E-state index in [1.807, 2.05) is 12.1 Å². The zero-order valence-electron chi connectivity index (χ0n) is 10.7. The Labute approximate surface area is 111 Å². The maximum absolute atomic E-state index is 7.47. The van der Waals surface area contributed by atoms with Crippen LogP contribution in [-0.4, -0.2) is 21.8 Å². The number of rotatable bonds is 2. The summed E-state index contributed by atoms with van der Waals surface area (Å²) in [6.45, 7) is 2.14. The number of anilines is 2. The largest absolute Gasteiger partial charge is 0.382 e. The van der Waals surface area contributed by atoms with Gasteiger partial charge in [-0.2, -0.15) is 0 Å². The van der Waals surface area contributed by atoms with Crippen molar-refractivity contribution in [2.75, 3.05) is 4.90 Å². The third-order valence-corrected chi connectivity index (χ3v) is 3.34. The Hall–Kier alpha value is -2.43. The first-order valence-electron chi connectivity index (χ1n) is 6.21. The molecule has 3 N–H and O–H groups in total. The van der Waals surface area contributed by atoms with Gasteiger partial charge in [0.05, 0.1) is 0 Å². The van der Waals surface area contributed by atoms with Crippen molar-refractivity contribution in [2.45, 2.75) is 19.4 Å². The molecule has 3 rings (SSSR count). The molecule has 0 saturated heterocycles. The molecule has 1 aromatic heterocycles. The van der Waals surface area contributed by atoms with Crippen LogP contribution in [0.2, 0.25) is 0 Å². The van der Waals surface area contributed by atoms with E-state index >= 15 is 0 Å². The molecule has 0 amide bonds. The SMILES string of the molecule is CC1Cc2ccccc2N1c1nccc(C(=N)N)n1. The molecule has 2 heterocycles. The number of benzene rings is 1. The lowest BCUT2D eigenvalue weighted by Crippen LogP contribution is -2.27. The first-order chi connectivity index (χ1) is 9.16. The second kappa shape index (κ2) is 4.35. The normalized spacial score (nSPS) is 17.3. The summed E-state index contributed by atoms with van der Waals surface area (Å²) in [5.74, 6) is 0.564. The van der Waals surface area contributed by atoms with Crippen LogP contribution in [-0.2, 0) is 6.42 Å². The zero-order valence-corrected chi connectivity index (χ0v) is 10.7. The topological polar surface area (TPSA) is 78.9 Å². The van der Waals surface area contributed by atoms with Crippen molar-refractivity contribution in [3.63, 3.8) is 0 Å². The first-order valence-corrected chi connectivity index (χ1v) is 6.21. The van der Waals surface area contributed by atoms with Crippen LogP contribution in [0.4, 0.5) is 11.6 Å². The highest BCUT2D eigenvalue weighted by molar-refractivity contribution is 5.93. The summed E-state index contributed by atoms with van der Waals surface area (Å²) in [5.41, 5.74) is 8.38. The van der Waals surface area contributed by atoms with Gasteiger partial charge in [0, 0.05) is 17.9 Å². The zero-order chi connectivity index (χ0) is 13.4. The summed E-state index contributed by atoms with van der Waals surface area (Å²) in [6, 6.07) is 10.2. The van der Waals surface area contributed by atoms with Crippen molar-refractivity contribution in [3.05, 3.63) is 47.8 Å². The van der Waals surface area contributed by atoms with E-state index in [1.165, 1.54) is 5.56 Å². The second-order valence-corrected chi connectivity index (χ2v) is 4.71. The van der Waals surface area contributed by atoms with Gasteiger partial charge in [-0.25, -0.2) is 9.97 Å². The molecule has 0 bridgehead atoms. The van der Waals surface area contributed by atoms with E-state index < -0.39 is 0 Å². The Bertz CT molecular complexity index is 637. The summed E-state index contributed by atoms with van der Waals surface area (Å²) >= 11 is 0. The van der Waals surface area contributed by atoms with Gasteiger partial charge in [0.15, 0.2) is 0 Å². The Kier molecular flexibility index (Phi) is 2.67. The highest BCUT2D eigenvalue weighted by atomic mass is 15.3. The quantitative estimate of drug-likeness (QED) is 0.632. The van der Waals surface area contributed by atoms with Crippen LogP contribution >= 0.6 is 0 Å². The molecule has 19 heavy (non-hydrogen) atoms. The minimum absolute atomic E-state index is 0.0382. The third kappa shape index (κ3) is 1.93. The van der Waals surface area contributed by atoms with Crippen molar-refractivity contribution in [3.8, 4) is 0 Å². The highest BCUT2D eigenvalue weighted by Crippen LogP contribution is 2.36. The standard InChI is InChI=1S/C14H15N5/c1-9-8-10-4-2-3-5-12(10)19(9)14-17-7-6-11(18-14)13(15)16/h2-7,9H,8H2,1H3,(H3,15,16). The van der Waals surface area contributed by atoms with Gasteiger partial charge in [-0.3, -0.25) is 5.41 Å². The van der Waals surface area contributed by atoms with E-state index in [9.17, 15) is 0 Å². The molecule has 1 aromatic carbocycles. The van der Waals surface area contributed by atoms with Gasteiger partial charge in [-0.05, 0) is 31.0 Å². The summed E-state index contributed by atoms with van der Waals surface area (Å²) in [4.78, 5) is 10.8. The fraction of sp³-hybridized carbons (Fsp3) is 0.214. The smallest absolute Gasteiger partial charge is 0.230 e. The van der Waals surface area contributed by atoms with Gasteiger partial charge in [0.2, 0.25) is 5.95 Å². The molecule has 1 unspecified atom stereocenters. The predicted molar refractivity (Wildman–Crippen MR) is 74.8 cm³/mol. The molecule has 0 saturated carbocycles. The molecule has 1 atom stereocenters. The lowest BCUT2D eigenvalue weighted by Gasteiger charge is -2.22. The van der Waals surface area contributed by atoms with E-state index in [0.29, 0.717) is 17.7 Å². The molecule has 1 aliphatic rings. The van der Waals surface area contributed by atoms with E-state index in [1.54, 1.807) is 12.3 Å². The van der Waals surface area contributed by atoms with Gasteiger partial charge in [-0.15, -0.1) is 0 Å². The van der Waals surface area contributed by atoms with Crippen molar-refractivity contribution >= 4 is 17.5 Å². The molecule has 2 aromatic rings. The van der Waals surface area contributed by atoms with Gasteiger partial charge in [0.1, 0.15) is 11.5 Å². The van der Waals surface area contributed by atoms with Gasteiger partial charge in [-0.1, -0.05) is 18.2 Å². The van der Waals surface area contributed by atoms with Crippen LogP contribution < -0.4 is 10.6 Å². The van der Waals surface area contributed by atoms with E-state index in [2.05, 4.69) is 33.9 Å². The summed E-state index contributed by atoms with van der Waals surface area (Å²) in [5, 5.41) is 7.47. The number of nitrogens with zero attached hydrogens (tertiary/aromatic N) is 3. The van der Waals surface area contributed by atoms with Crippen molar-refractivity contribution in [1.29, 1.82) is 5.41 Å². The van der Waals surface area contributed by atoms with Crippen LogP contribution in [0.15, 0.2) is 36.5 Å². The number of para-hydroxylation sites is 1. The van der Waals surface area contributed by atoms with E-state index in [-0.39, 0.29) is 5.84 Å². The molecule has 1 aliphatic heterocycles. The molecule has 0 radical (unpaired) electrons. The molecule has 5 heteroatoms. The summed E-state index contributed by atoms with van der Waals surface area (Å²) < 4.78 is 0. The van der Waals surface area contributed by atoms with Crippen LogP contribution in [0.3, 0.4) is 0 Å². The molecule has 0 fully saturated rings. The van der Waals surface area contributed by atoms with Crippen LogP contribution in [0.25, 0.3) is 0 Å². The fourth-order valence-corrected chi connectivity index (χ4v) is 2.48. The molecule has 0 spiro atoms. The molecule has 5 nitrogen and oxygen atoms in total. The lowest BCUT2D eigenvalue weighted by atomic mass is 10.1. The fourth-order valence-electron chi connectivity index (χ4n) is 2.48. The van der Waals surface area contributed by atoms with Crippen molar-refractivity contribution < 1.29 is 0 Å². The van der Waals surface area contributed by atoms with Gasteiger partial charge >= 0.3 is 0 Å². The predicted octanol–water partition coefficient (Wildman–Crippen LogP) is 1.84. The number of nitrogens with two attached hydrogens (primary N) is 1. The Balaban J connectivity index is 2.07. The van der Waals surface area contributed by atoms with Gasteiger partial charge in [0.25, 0.3) is 0 Å². The summed E-state index contributed by atoms with van der Waals surface area (Å²) in [6.07, 6.45) is 2.62. The highest BCUT2D eigenvalue weighted by Gasteiger charge is 2.28. The molecule has 96 valence electrons. The average Bonchev–Trinajstić information content (AvgIpc) is 2.74. The Morgan fingerprint density at radius 1 is 1.37 bits per heavy atom. The second-order valence-electron chi connectivity index (χ2n) is 4.71.